The zero-order valence-corrected chi connectivity index (χ0v) is 9.22. The number of hydrogen-bond acceptors (Lipinski definition) is 6. The normalized spacial score (nSPS) is 10.3. The van der Waals surface area contributed by atoms with Gasteiger partial charge in [0.15, 0.2) is 0 Å². The fourth-order valence-electron chi connectivity index (χ4n) is 1.29. The van der Waals surface area contributed by atoms with Gasteiger partial charge in [0.05, 0.1) is 0 Å². The average Bonchev–Trinajstić information content (AvgIpc) is 2.29. The standard InChI is InChI=1S/C9H18N6O/c10-5-3-1-2-4-6-12-9-14-13-7-8(16)15(9)11/h7H,1-6,10-11H2,(H,12,14). The maximum absolute atomic E-state index is 11.1. The number of rotatable bonds is 7. The van der Waals surface area contributed by atoms with Crippen LogP contribution in [0.4, 0.5) is 5.95 Å². The van der Waals surface area contributed by atoms with Crippen LogP contribution in [-0.4, -0.2) is 28.0 Å². The van der Waals surface area contributed by atoms with Crippen molar-refractivity contribution in [3.63, 3.8) is 0 Å². The second-order valence-electron chi connectivity index (χ2n) is 3.51. The molecule has 0 saturated heterocycles. The highest BCUT2D eigenvalue weighted by Crippen LogP contribution is 1.99. The average molecular weight is 226 g/mol. The van der Waals surface area contributed by atoms with Crippen molar-refractivity contribution in [1.82, 2.24) is 14.9 Å². The Bertz CT molecular complexity index is 363. The predicted molar refractivity (Wildman–Crippen MR) is 62.5 cm³/mol. The molecule has 0 aliphatic heterocycles. The predicted octanol–water partition coefficient (Wildman–Crippen LogP) is -0.717. The van der Waals surface area contributed by atoms with Gasteiger partial charge in [-0.2, -0.15) is 4.68 Å². The molecule has 5 N–H and O–H groups in total. The van der Waals surface area contributed by atoms with Crippen LogP contribution in [0.3, 0.4) is 0 Å². The zero-order chi connectivity index (χ0) is 11.8. The minimum atomic E-state index is -0.374. The zero-order valence-electron chi connectivity index (χ0n) is 9.22. The Kier molecular flexibility index (Phi) is 5.27. The summed E-state index contributed by atoms with van der Waals surface area (Å²) in [6, 6.07) is 0. The largest absolute Gasteiger partial charge is 0.353 e. The van der Waals surface area contributed by atoms with Crippen molar-refractivity contribution in [2.24, 2.45) is 5.73 Å². The third-order valence-corrected chi connectivity index (χ3v) is 2.20. The summed E-state index contributed by atoms with van der Waals surface area (Å²) in [5, 5.41) is 10.2. The molecule has 90 valence electrons. The van der Waals surface area contributed by atoms with Crippen LogP contribution in [0.25, 0.3) is 0 Å². The van der Waals surface area contributed by atoms with Gasteiger partial charge < -0.3 is 16.9 Å². The first-order valence-electron chi connectivity index (χ1n) is 5.39. The molecule has 16 heavy (non-hydrogen) atoms. The van der Waals surface area contributed by atoms with Gasteiger partial charge in [-0.15, -0.1) is 10.2 Å². The van der Waals surface area contributed by atoms with E-state index >= 15 is 0 Å². The van der Waals surface area contributed by atoms with E-state index in [4.69, 9.17) is 11.6 Å². The van der Waals surface area contributed by atoms with E-state index in [0.29, 0.717) is 5.95 Å². The molecule has 1 aromatic heterocycles. The van der Waals surface area contributed by atoms with E-state index in [2.05, 4.69) is 15.5 Å². The molecule has 7 nitrogen and oxygen atoms in total. The van der Waals surface area contributed by atoms with Gasteiger partial charge >= 0.3 is 0 Å². The summed E-state index contributed by atoms with van der Waals surface area (Å²) < 4.78 is 0.951. The van der Waals surface area contributed by atoms with Gasteiger partial charge in [0.2, 0.25) is 5.95 Å². The first-order chi connectivity index (χ1) is 7.75. The van der Waals surface area contributed by atoms with E-state index in [1.165, 1.54) is 0 Å². The van der Waals surface area contributed by atoms with Crippen LogP contribution in [0, 0.1) is 0 Å². The SMILES string of the molecule is NCCCCCCNc1nncc(=O)n1N. The Morgan fingerprint density at radius 2 is 2.06 bits per heavy atom. The Balaban J connectivity index is 2.27. The summed E-state index contributed by atoms with van der Waals surface area (Å²) in [6.45, 7) is 1.46. The maximum atomic E-state index is 11.1. The van der Waals surface area contributed by atoms with Gasteiger partial charge in [0.25, 0.3) is 5.56 Å². The Morgan fingerprint density at radius 1 is 1.31 bits per heavy atom. The molecule has 7 heteroatoms. The van der Waals surface area contributed by atoms with Crippen molar-refractivity contribution in [3.8, 4) is 0 Å². The molecule has 0 fully saturated rings. The third-order valence-electron chi connectivity index (χ3n) is 2.20. The highest BCUT2D eigenvalue weighted by atomic mass is 16.1. The minimum Gasteiger partial charge on any atom is -0.353 e. The second-order valence-corrected chi connectivity index (χ2v) is 3.51. The Hall–Kier alpha value is -1.63. The van der Waals surface area contributed by atoms with Crippen molar-refractivity contribution in [1.29, 1.82) is 0 Å². The van der Waals surface area contributed by atoms with Crippen LogP contribution >= 0.6 is 0 Å². The summed E-state index contributed by atoms with van der Waals surface area (Å²) in [5.74, 6) is 5.77. The van der Waals surface area contributed by atoms with Crippen molar-refractivity contribution < 1.29 is 0 Å². The van der Waals surface area contributed by atoms with E-state index in [9.17, 15) is 4.79 Å². The summed E-state index contributed by atoms with van der Waals surface area (Å²) in [4.78, 5) is 11.1. The number of nitrogens with zero attached hydrogens (tertiary/aromatic N) is 3. The first kappa shape index (κ1) is 12.4. The molecular formula is C9H18N6O. The number of nitrogen functional groups attached to an aromatic ring is 1. The van der Waals surface area contributed by atoms with Gasteiger partial charge in [0, 0.05) is 6.54 Å². The second kappa shape index (κ2) is 6.78. The van der Waals surface area contributed by atoms with Crippen LogP contribution in [0.5, 0.6) is 0 Å². The van der Waals surface area contributed by atoms with E-state index in [1.54, 1.807) is 0 Å². The minimum absolute atomic E-state index is 0.298. The molecule has 0 aromatic carbocycles. The number of aromatic nitrogens is 3. The fourth-order valence-corrected chi connectivity index (χ4v) is 1.29. The van der Waals surface area contributed by atoms with Crippen LogP contribution in [0.2, 0.25) is 0 Å². The third kappa shape index (κ3) is 3.85. The van der Waals surface area contributed by atoms with Crippen molar-refractivity contribution >= 4 is 5.95 Å². The number of hydrogen-bond donors (Lipinski definition) is 3. The summed E-state index contributed by atoms with van der Waals surface area (Å²) >= 11 is 0. The van der Waals surface area contributed by atoms with Gasteiger partial charge in [-0.1, -0.05) is 12.8 Å². The lowest BCUT2D eigenvalue weighted by Crippen LogP contribution is -2.31. The molecule has 0 saturated carbocycles. The molecule has 0 radical (unpaired) electrons. The van der Waals surface area contributed by atoms with Gasteiger partial charge in [0.1, 0.15) is 6.20 Å². The van der Waals surface area contributed by atoms with Crippen LogP contribution in [0.1, 0.15) is 25.7 Å². The number of unbranched alkanes of at least 4 members (excludes halogenated alkanes) is 3. The quantitative estimate of drug-likeness (QED) is 0.418. The molecule has 0 bridgehead atoms. The van der Waals surface area contributed by atoms with Crippen molar-refractivity contribution in [2.45, 2.75) is 25.7 Å². The van der Waals surface area contributed by atoms with Crippen molar-refractivity contribution in [3.05, 3.63) is 16.6 Å². The lowest BCUT2D eigenvalue weighted by molar-refractivity contribution is 0.657. The van der Waals surface area contributed by atoms with E-state index in [0.717, 1.165) is 49.6 Å². The molecule has 1 rings (SSSR count). The van der Waals surface area contributed by atoms with E-state index < -0.39 is 0 Å². The molecule has 0 aliphatic rings. The van der Waals surface area contributed by atoms with Crippen LogP contribution in [0.15, 0.2) is 11.0 Å². The summed E-state index contributed by atoms with van der Waals surface area (Å²) in [5.41, 5.74) is 5.01. The monoisotopic (exact) mass is 226 g/mol. The summed E-state index contributed by atoms with van der Waals surface area (Å²) in [7, 11) is 0. The smallest absolute Gasteiger partial charge is 0.292 e. The highest BCUT2D eigenvalue weighted by Gasteiger charge is 2.00. The molecule has 0 aliphatic carbocycles. The van der Waals surface area contributed by atoms with Gasteiger partial charge in [-0.3, -0.25) is 4.79 Å². The van der Waals surface area contributed by atoms with Gasteiger partial charge in [-0.05, 0) is 19.4 Å². The van der Waals surface area contributed by atoms with E-state index in [1.807, 2.05) is 0 Å². The lowest BCUT2D eigenvalue weighted by atomic mass is 10.2. The molecule has 0 spiro atoms. The molecular weight excluding hydrogens is 208 g/mol. The molecule has 1 heterocycles. The summed E-state index contributed by atoms with van der Waals surface area (Å²) in [6.07, 6.45) is 5.33. The van der Waals surface area contributed by atoms with Gasteiger partial charge in [-0.25, -0.2) is 0 Å². The Labute approximate surface area is 93.8 Å². The van der Waals surface area contributed by atoms with E-state index in [-0.39, 0.29) is 5.56 Å². The lowest BCUT2D eigenvalue weighted by Gasteiger charge is -2.07. The Morgan fingerprint density at radius 3 is 2.81 bits per heavy atom. The maximum Gasteiger partial charge on any atom is 0.292 e. The number of nitrogens with two attached hydrogens (primary N) is 2. The van der Waals surface area contributed by atoms with Crippen molar-refractivity contribution in [2.75, 3.05) is 24.2 Å². The van der Waals surface area contributed by atoms with Crippen LogP contribution < -0.4 is 22.5 Å². The molecule has 0 amide bonds. The van der Waals surface area contributed by atoms with Crippen LogP contribution in [-0.2, 0) is 0 Å². The molecule has 0 unspecified atom stereocenters. The first-order valence-corrected chi connectivity index (χ1v) is 5.39. The molecule has 0 atom stereocenters. The number of nitrogens with one attached hydrogen (secondary N) is 1. The highest BCUT2D eigenvalue weighted by molar-refractivity contribution is 5.22. The fraction of sp³-hybridized carbons (Fsp3) is 0.667. The topological polar surface area (TPSA) is 112 Å². The molecule has 1 aromatic rings. The number of anilines is 1.